The molecule has 1 saturated carbocycles. The minimum absolute atomic E-state index is 0.0401. The first-order valence-electron chi connectivity index (χ1n) is 7.49. The highest BCUT2D eigenvalue weighted by atomic mass is 32.1. The number of nitrogens with one attached hydrogen (secondary N) is 1. The predicted octanol–water partition coefficient (Wildman–Crippen LogP) is 2.77. The highest BCUT2D eigenvalue weighted by Gasteiger charge is 2.31. The van der Waals surface area contributed by atoms with Crippen molar-refractivity contribution >= 4 is 23.2 Å². The fraction of sp³-hybridized carbons (Fsp3) is 0.667. The van der Waals surface area contributed by atoms with Gasteiger partial charge in [0.15, 0.2) is 0 Å². The average molecular weight is 310 g/mol. The van der Waals surface area contributed by atoms with Crippen LogP contribution in [0.5, 0.6) is 0 Å². The van der Waals surface area contributed by atoms with Gasteiger partial charge in [0.2, 0.25) is 5.91 Å². The first-order valence-corrected chi connectivity index (χ1v) is 8.30. The molecular weight excluding hydrogens is 288 g/mol. The van der Waals surface area contributed by atoms with Gasteiger partial charge in [0.25, 0.3) is 0 Å². The van der Waals surface area contributed by atoms with Gasteiger partial charge in [-0.3, -0.25) is 9.59 Å². The molecule has 5 nitrogen and oxygen atoms in total. The summed E-state index contributed by atoms with van der Waals surface area (Å²) in [4.78, 5) is 28.9. The number of aryl methyl sites for hydroxylation is 1. The van der Waals surface area contributed by atoms with Gasteiger partial charge < -0.3 is 10.4 Å². The average Bonchev–Trinajstić information content (AvgIpc) is 2.96. The van der Waals surface area contributed by atoms with Crippen LogP contribution in [-0.2, 0) is 16.0 Å². The van der Waals surface area contributed by atoms with E-state index in [2.05, 4.69) is 17.2 Å². The van der Waals surface area contributed by atoms with Crippen molar-refractivity contribution in [1.82, 2.24) is 10.3 Å². The van der Waals surface area contributed by atoms with Crippen molar-refractivity contribution in [2.75, 3.05) is 0 Å². The van der Waals surface area contributed by atoms with Crippen molar-refractivity contribution in [3.05, 3.63) is 16.1 Å². The molecule has 6 heteroatoms. The van der Waals surface area contributed by atoms with Crippen LogP contribution in [0.3, 0.4) is 0 Å². The Balaban J connectivity index is 1.92. The zero-order valence-corrected chi connectivity index (χ0v) is 13.3. The van der Waals surface area contributed by atoms with Gasteiger partial charge in [-0.05, 0) is 32.6 Å². The maximum absolute atomic E-state index is 12.3. The van der Waals surface area contributed by atoms with Crippen LogP contribution in [0.25, 0.3) is 0 Å². The third kappa shape index (κ3) is 4.03. The van der Waals surface area contributed by atoms with E-state index in [1.54, 1.807) is 11.3 Å². The van der Waals surface area contributed by atoms with Crippen LogP contribution >= 0.6 is 11.3 Å². The fourth-order valence-corrected chi connectivity index (χ4v) is 3.59. The van der Waals surface area contributed by atoms with Crippen molar-refractivity contribution in [2.24, 2.45) is 11.8 Å². The fourth-order valence-electron chi connectivity index (χ4n) is 2.73. The largest absolute Gasteiger partial charge is 0.481 e. The lowest BCUT2D eigenvalue weighted by atomic mass is 9.81. The lowest BCUT2D eigenvalue weighted by molar-refractivity contribution is -0.144. The molecule has 1 aliphatic rings. The molecule has 3 atom stereocenters. The van der Waals surface area contributed by atoms with Gasteiger partial charge in [0.1, 0.15) is 5.01 Å². The number of rotatable bonds is 5. The molecule has 0 saturated heterocycles. The van der Waals surface area contributed by atoms with E-state index in [1.807, 2.05) is 13.1 Å². The number of carboxylic acid groups (broad SMARTS) is 1. The normalized spacial score (nSPS) is 23.5. The van der Waals surface area contributed by atoms with E-state index in [9.17, 15) is 9.59 Å². The number of aliphatic carboxylic acids is 1. The Bertz CT molecular complexity index is 515. The molecule has 1 aliphatic carbocycles. The van der Waals surface area contributed by atoms with Crippen molar-refractivity contribution in [3.63, 3.8) is 0 Å². The Hall–Kier alpha value is -1.43. The number of nitrogens with zero attached hydrogens (tertiary/aromatic N) is 1. The van der Waals surface area contributed by atoms with Gasteiger partial charge in [-0.2, -0.15) is 0 Å². The van der Waals surface area contributed by atoms with Gasteiger partial charge in [-0.25, -0.2) is 4.98 Å². The topological polar surface area (TPSA) is 79.3 Å². The lowest BCUT2D eigenvalue weighted by Gasteiger charge is -2.26. The van der Waals surface area contributed by atoms with Gasteiger partial charge >= 0.3 is 5.97 Å². The highest BCUT2D eigenvalue weighted by Crippen LogP contribution is 2.30. The summed E-state index contributed by atoms with van der Waals surface area (Å²) in [5.74, 6) is -1.39. The van der Waals surface area contributed by atoms with Crippen LogP contribution in [-0.4, -0.2) is 22.0 Å². The molecule has 1 fully saturated rings. The second-order valence-corrected chi connectivity index (χ2v) is 6.79. The van der Waals surface area contributed by atoms with Crippen molar-refractivity contribution in [1.29, 1.82) is 0 Å². The molecule has 0 spiro atoms. The van der Waals surface area contributed by atoms with E-state index in [-0.39, 0.29) is 23.8 Å². The Labute approximate surface area is 128 Å². The number of aromatic nitrogens is 1. The molecule has 3 unspecified atom stereocenters. The maximum Gasteiger partial charge on any atom is 0.306 e. The molecule has 21 heavy (non-hydrogen) atoms. The Morgan fingerprint density at radius 1 is 1.48 bits per heavy atom. The molecule has 1 amide bonds. The van der Waals surface area contributed by atoms with Crippen LogP contribution in [0, 0.1) is 11.8 Å². The number of carbonyl (C=O) groups is 2. The number of amides is 1. The summed E-state index contributed by atoms with van der Waals surface area (Å²) >= 11 is 1.62. The van der Waals surface area contributed by atoms with Crippen molar-refractivity contribution in [3.8, 4) is 0 Å². The molecular formula is C15H22N2O3S. The summed E-state index contributed by atoms with van der Waals surface area (Å²) in [7, 11) is 0. The van der Waals surface area contributed by atoms with Gasteiger partial charge in [-0.15, -0.1) is 11.3 Å². The number of carboxylic acids is 1. The van der Waals surface area contributed by atoms with E-state index in [0.29, 0.717) is 12.8 Å². The summed E-state index contributed by atoms with van der Waals surface area (Å²) in [5, 5.41) is 13.0. The van der Waals surface area contributed by atoms with Gasteiger partial charge in [0.05, 0.1) is 12.0 Å². The zero-order valence-electron chi connectivity index (χ0n) is 12.5. The van der Waals surface area contributed by atoms with Crippen molar-refractivity contribution in [2.45, 2.75) is 52.0 Å². The first-order chi connectivity index (χ1) is 10.0. The summed E-state index contributed by atoms with van der Waals surface area (Å²) in [6.07, 6.45) is 5.51. The SMILES string of the molecule is CCc1cnc(C(C)NC(=O)C2CCCC(C(=O)O)C2)s1. The number of thiazole rings is 1. The van der Waals surface area contributed by atoms with Crippen LogP contribution in [0.4, 0.5) is 0 Å². The van der Waals surface area contributed by atoms with Crippen LogP contribution in [0.2, 0.25) is 0 Å². The first kappa shape index (κ1) is 15.9. The minimum atomic E-state index is -0.784. The Morgan fingerprint density at radius 2 is 2.19 bits per heavy atom. The summed E-state index contributed by atoms with van der Waals surface area (Å²) in [5.41, 5.74) is 0. The summed E-state index contributed by atoms with van der Waals surface area (Å²) < 4.78 is 0. The van der Waals surface area contributed by atoms with Gasteiger partial charge in [0, 0.05) is 17.0 Å². The van der Waals surface area contributed by atoms with E-state index in [4.69, 9.17) is 5.11 Å². The molecule has 1 aromatic rings. The maximum atomic E-state index is 12.3. The van der Waals surface area contributed by atoms with Gasteiger partial charge in [-0.1, -0.05) is 13.3 Å². The second kappa shape index (κ2) is 7.02. The monoisotopic (exact) mass is 310 g/mol. The molecule has 1 heterocycles. The molecule has 116 valence electrons. The van der Waals surface area contributed by atoms with E-state index in [1.165, 1.54) is 4.88 Å². The number of hydrogen-bond donors (Lipinski definition) is 2. The molecule has 0 aliphatic heterocycles. The number of carbonyl (C=O) groups excluding carboxylic acids is 1. The van der Waals surface area contributed by atoms with Crippen LogP contribution in [0.1, 0.15) is 55.5 Å². The molecule has 1 aromatic heterocycles. The molecule has 0 aromatic carbocycles. The van der Waals surface area contributed by atoms with E-state index in [0.717, 1.165) is 24.3 Å². The quantitative estimate of drug-likeness (QED) is 0.876. The summed E-state index contributed by atoms with van der Waals surface area (Å²) in [6, 6.07) is -0.118. The predicted molar refractivity (Wildman–Crippen MR) is 81.1 cm³/mol. The second-order valence-electron chi connectivity index (χ2n) is 5.65. The molecule has 2 N–H and O–H groups in total. The number of hydrogen-bond acceptors (Lipinski definition) is 4. The smallest absolute Gasteiger partial charge is 0.306 e. The highest BCUT2D eigenvalue weighted by molar-refractivity contribution is 7.11. The molecule has 0 radical (unpaired) electrons. The summed E-state index contributed by atoms with van der Waals surface area (Å²) in [6.45, 7) is 4.00. The minimum Gasteiger partial charge on any atom is -0.481 e. The van der Waals surface area contributed by atoms with E-state index < -0.39 is 5.97 Å². The third-order valence-corrected chi connectivity index (χ3v) is 5.37. The Kier molecular flexibility index (Phi) is 5.33. The van der Waals surface area contributed by atoms with E-state index >= 15 is 0 Å². The van der Waals surface area contributed by atoms with Crippen molar-refractivity contribution < 1.29 is 14.7 Å². The van der Waals surface area contributed by atoms with Crippen LogP contribution < -0.4 is 5.32 Å². The van der Waals surface area contributed by atoms with Crippen LogP contribution in [0.15, 0.2) is 6.20 Å². The molecule has 2 rings (SSSR count). The third-order valence-electron chi connectivity index (χ3n) is 4.04. The lowest BCUT2D eigenvalue weighted by Crippen LogP contribution is -2.36. The standard InChI is InChI=1S/C15H22N2O3S/c1-3-12-8-16-14(21-12)9(2)17-13(18)10-5-4-6-11(7-10)15(19)20/h8-11H,3-7H2,1-2H3,(H,17,18)(H,19,20). The Morgan fingerprint density at radius 3 is 2.81 bits per heavy atom. The molecule has 0 bridgehead atoms. The zero-order chi connectivity index (χ0) is 15.4.